The van der Waals surface area contributed by atoms with Crippen LogP contribution in [-0.4, -0.2) is 24.6 Å². The number of methoxy groups -OCH3 is 1. The van der Waals surface area contributed by atoms with Gasteiger partial charge in [-0.25, -0.2) is 4.98 Å². The number of nitrogens with one attached hydrogen (secondary N) is 1. The summed E-state index contributed by atoms with van der Waals surface area (Å²) in [5.41, 5.74) is 2.65. The summed E-state index contributed by atoms with van der Waals surface area (Å²) < 4.78 is 16.5. The Labute approximate surface area is 164 Å². The first kappa shape index (κ1) is 19.5. The second-order valence-electron chi connectivity index (χ2n) is 6.33. The minimum absolute atomic E-state index is 0.117. The predicted molar refractivity (Wildman–Crippen MR) is 108 cm³/mol. The Morgan fingerprint density at radius 1 is 1.18 bits per heavy atom. The topological polar surface area (TPSA) is 73.6 Å². The first-order valence-corrected chi connectivity index (χ1v) is 9.21. The lowest BCUT2D eigenvalue weighted by atomic mass is 10.2. The minimum Gasteiger partial charge on any atom is -0.497 e. The number of hydrogen-bond donors (Lipinski definition) is 1. The van der Waals surface area contributed by atoms with Gasteiger partial charge in [0.05, 0.1) is 25.6 Å². The molecule has 6 heteroatoms. The van der Waals surface area contributed by atoms with E-state index in [-0.39, 0.29) is 12.3 Å². The standard InChI is InChI=1S/C22H24N2O4/c1-4-27-19-13-15(2)5-10-18(19)24-21(25)11-12-22-23-14-20(28-22)16-6-8-17(26-3)9-7-16/h5-10,13-14H,4,11-12H2,1-3H3,(H,24,25). The molecule has 0 atom stereocenters. The van der Waals surface area contributed by atoms with Crippen LogP contribution in [0, 0.1) is 6.92 Å². The Morgan fingerprint density at radius 2 is 1.96 bits per heavy atom. The van der Waals surface area contributed by atoms with Crippen LogP contribution in [0.15, 0.2) is 53.1 Å². The molecule has 1 aromatic heterocycles. The highest BCUT2D eigenvalue weighted by atomic mass is 16.5. The van der Waals surface area contributed by atoms with Crippen molar-refractivity contribution in [2.75, 3.05) is 19.0 Å². The summed E-state index contributed by atoms with van der Waals surface area (Å²) in [5.74, 6) is 2.52. The van der Waals surface area contributed by atoms with E-state index in [1.165, 1.54) is 0 Å². The monoisotopic (exact) mass is 380 g/mol. The summed E-state index contributed by atoms with van der Waals surface area (Å²) in [5, 5.41) is 2.90. The van der Waals surface area contributed by atoms with Crippen molar-refractivity contribution in [3.05, 3.63) is 60.1 Å². The highest BCUT2D eigenvalue weighted by molar-refractivity contribution is 5.92. The average molecular weight is 380 g/mol. The fraction of sp³-hybridized carbons (Fsp3) is 0.273. The molecule has 146 valence electrons. The van der Waals surface area contributed by atoms with Gasteiger partial charge in [0, 0.05) is 18.4 Å². The molecule has 0 unspecified atom stereocenters. The second-order valence-corrected chi connectivity index (χ2v) is 6.33. The second kappa shape index (κ2) is 9.08. The molecule has 0 aliphatic heterocycles. The van der Waals surface area contributed by atoms with Gasteiger partial charge in [-0.15, -0.1) is 0 Å². The molecule has 0 bridgehead atoms. The van der Waals surface area contributed by atoms with Crippen molar-refractivity contribution in [1.82, 2.24) is 4.98 Å². The normalized spacial score (nSPS) is 10.5. The molecule has 3 rings (SSSR count). The van der Waals surface area contributed by atoms with Crippen molar-refractivity contribution in [2.24, 2.45) is 0 Å². The summed E-state index contributed by atoms with van der Waals surface area (Å²) in [6, 6.07) is 13.2. The molecule has 0 radical (unpaired) electrons. The number of nitrogens with zero attached hydrogens (tertiary/aromatic N) is 1. The van der Waals surface area contributed by atoms with Gasteiger partial charge in [-0.2, -0.15) is 0 Å². The van der Waals surface area contributed by atoms with E-state index in [9.17, 15) is 4.79 Å². The number of amides is 1. The number of carbonyl (C=O) groups excluding carboxylic acids is 1. The van der Waals surface area contributed by atoms with Crippen LogP contribution in [0.4, 0.5) is 5.69 Å². The van der Waals surface area contributed by atoms with Gasteiger partial charge in [-0.1, -0.05) is 6.07 Å². The van der Waals surface area contributed by atoms with Crippen LogP contribution in [-0.2, 0) is 11.2 Å². The zero-order chi connectivity index (χ0) is 19.9. The fourth-order valence-corrected chi connectivity index (χ4v) is 2.76. The Hall–Kier alpha value is -3.28. The van der Waals surface area contributed by atoms with Gasteiger partial charge >= 0.3 is 0 Å². The Kier molecular flexibility index (Phi) is 6.32. The van der Waals surface area contributed by atoms with Gasteiger partial charge in [-0.3, -0.25) is 4.79 Å². The van der Waals surface area contributed by atoms with Crippen LogP contribution in [0.25, 0.3) is 11.3 Å². The maximum absolute atomic E-state index is 12.3. The zero-order valence-electron chi connectivity index (χ0n) is 16.3. The summed E-state index contributed by atoms with van der Waals surface area (Å²) in [7, 11) is 1.63. The third-order valence-electron chi connectivity index (χ3n) is 4.21. The predicted octanol–water partition coefficient (Wildman–Crippen LogP) is 4.63. The van der Waals surface area contributed by atoms with Crippen molar-refractivity contribution < 1.29 is 18.7 Å². The minimum atomic E-state index is -0.117. The van der Waals surface area contributed by atoms with Gasteiger partial charge in [0.25, 0.3) is 0 Å². The number of anilines is 1. The summed E-state index contributed by atoms with van der Waals surface area (Å²) >= 11 is 0. The number of carbonyl (C=O) groups is 1. The van der Waals surface area contributed by atoms with Crippen LogP contribution < -0.4 is 14.8 Å². The van der Waals surface area contributed by atoms with Crippen molar-refractivity contribution >= 4 is 11.6 Å². The summed E-state index contributed by atoms with van der Waals surface area (Å²) in [6.45, 7) is 4.44. The summed E-state index contributed by atoms with van der Waals surface area (Å²) in [6.07, 6.45) is 2.35. The molecule has 0 saturated heterocycles. The quantitative estimate of drug-likeness (QED) is 0.617. The molecule has 1 heterocycles. The number of ether oxygens (including phenoxy) is 2. The lowest BCUT2D eigenvalue weighted by Crippen LogP contribution is -2.13. The van der Waals surface area contributed by atoms with Crippen LogP contribution in [0.3, 0.4) is 0 Å². The van der Waals surface area contributed by atoms with Crippen LogP contribution in [0.2, 0.25) is 0 Å². The Balaban J connectivity index is 1.59. The molecule has 0 saturated carbocycles. The third kappa shape index (κ3) is 4.91. The maximum Gasteiger partial charge on any atom is 0.224 e. The molecule has 6 nitrogen and oxygen atoms in total. The van der Waals surface area contributed by atoms with E-state index < -0.39 is 0 Å². The van der Waals surface area contributed by atoms with Gasteiger partial charge in [0.2, 0.25) is 5.91 Å². The molecule has 0 aliphatic carbocycles. The Bertz CT molecular complexity index is 932. The summed E-state index contributed by atoms with van der Waals surface area (Å²) in [4.78, 5) is 16.6. The Morgan fingerprint density at radius 3 is 2.68 bits per heavy atom. The molecular formula is C22H24N2O4. The molecular weight excluding hydrogens is 356 g/mol. The largest absolute Gasteiger partial charge is 0.497 e. The first-order chi connectivity index (χ1) is 13.6. The average Bonchev–Trinajstić information content (AvgIpc) is 3.18. The zero-order valence-corrected chi connectivity index (χ0v) is 16.3. The number of rotatable bonds is 8. The van der Waals surface area contributed by atoms with Crippen LogP contribution in [0.5, 0.6) is 11.5 Å². The van der Waals surface area contributed by atoms with E-state index in [0.29, 0.717) is 36.1 Å². The number of benzene rings is 2. The molecule has 3 aromatic rings. The van der Waals surface area contributed by atoms with Crippen molar-refractivity contribution in [3.63, 3.8) is 0 Å². The fourth-order valence-electron chi connectivity index (χ4n) is 2.76. The van der Waals surface area contributed by atoms with E-state index in [4.69, 9.17) is 13.9 Å². The molecule has 28 heavy (non-hydrogen) atoms. The number of aromatic nitrogens is 1. The van der Waals surface area contributed by atoms with E-state index in [0.717, 1.165) is 16.9 Å². The van der Waals surface area contributed by atoms with E-state index in [2.05, 4.69) is 10.3 Å². The third-order valence-corrected chi connectivity index (χ3v) is 4.21. The lowest BCUT2D eigenvalue weighted by molar-refractivity contribution is -0.116. The van der Waals surface area contributed by atoms with Gasteiger partial charge in [0.15, 0.2) is 11.7 Å². The molecule has 1 N–H and O–H groups in total. The molecule has 1 amide bonds. The smallest absolute Gasteiger partial charge is 0.224 e. The van der Waals surface area contributed by atoms with Crippen molar-refractivity contribution in [3.8, 4) is 22.8 Å². The molecule has 0 aliphatic rings. The highest BCUT2D eigenvalue weighted by Crippen LogP contribution is 2.26. The molecule has 2 aromatic carbocycles. The number of aryl methyl sites for hydroxylation is 2. The van der Waals surface area contributed by atoms with Crippen molar-refractivity contribution in [1.29, 1.82) is 0 Å². The molecule has 0 spiro atoms. The molecule has 0 fully saturated rings. The van der Waals surface area contributed by atoms with E-state index in [1.54, 1.807) is 13.3 Å². The van der Waals surface area contributed by atoms with Gasteiger partial charge < -0.3 is 19.2 Å². The maximum atomic E-state index is 12.3. The SMILES string of the molecule is CCOc1cc(C)ccc1NC(=O)CCc1ncc(-c2ccc(OC)cc2)o1. The van der Waals surface area contributed by atoms with Crippen LogP contribution >= 0.6 is 0 Å². The van der Waals surface area contributed by atoms with E-state index >= 15 is 0 Å². The van der Waals surface area contributed by atoms with Gasteiger partial charge in [0.1, 0.15) is 11.5 Å². The van der Waals surface area contributed by atoms with E-state index in [1.807, 2.05) is 56.3 Å². The van der Waals surface area contributed by atoms with Gasteiger partial charge in [-0.05, 0) is 55.8 Å². The van der Waals surface area contributed by atoms with Crippen molar-refractivity contribution in [2.45, 2.75) is 26.7 Å². The first-order valence-electron chi connectivity index (χ1n) is 9.21. The highest BCUT2D eigenvalue weighted by Gasteiger charge is 2.11. The number of hydrogen-bond acceptors (Lipinski definition) is 5. The van der Waals surface area contributed by atoms with Crippen LogP contribution in [0.1, 0.15) is 24.8 Å². The number of oxazole rings is 1. The lowest BCUT2D eigenvalue weighted by Gasteiger charge is -2.12.